The number of hydrogen-bond acceptors (Lipinski definition) is 2. The van der Waals surface area contributed by atoms with Crippen LogP contribution in [0.5, 0.6) is 0 Å². The van der Waals surface area contributed by atoms with Crippen LogP contribution in [0.3, 0.4) is 0 Å². The number of hydrogen-bond donors (Lipinski definition) is 1. The normalized spacial score (nSPS) is 25.2. The molecule has 2 aromatic rings. The van der Waals surface area contributed by atoms with Crippen molar-refractivity contribution >= 4 is 11.0 Å². The maximum absolute atomic E-state index is 6.46. The number of benzene rings is 1. The summed E-state index contributed by atoms with van der Waals surface area (Å²) in [5.74, 6) is 3.22. The minimum atomic E-state index is 0.0514. The summed E-state index contributed by atoms with van der Waals surface area (Å²) in [5.41, 5.74) is 7.41. The molecule has 2 heteroatoms. The average molecular weight is 271 g/mol. The minimum absolute atomic E-state index is 0.0514. The van der Waals surface area contributed by atoms with Crippen LogP contribution in [-0.2, 0) is 0 Å². The second-order valence-electron chi connectivity index (χ2n) is 6.63. The van der Waals surface area contributed by atoms with Crippen molar-refractivity contribution in [2.45, 2.75) is 45.6 Å². The number of furan rings is 1. The van der Waals surface area contributed by atoms with Gasteiger partial charge in [-0.25, -0.2) is 0 Å². The Morgan fingerprint density at radius 3 is 2.35 bits per heavy atom. The molecule has 3 rings (SSSR count). The van der Waals surface area contributed by atoms with Gasteiger partial charge in [0, 0.05) is 5.39 Å². The van der Waals surface area contributed by atoms with E-state index < -0.39 is 0 Å². The first-order chi connectivity index (χ1) is 9.65. The van der Waals surface area contributed by atoms with Gasteiger partial charge in [-0.15, -0.1) is 0 Å². The summed E-state index contributed by atoms with van der Waals surface area (Å²) >= 11 is 0. The first-order valence-corrected chi connectivity index (χ1v) is 7.89. The van der Waals surface area contributed by atoms with Gasteiger partial charge in [-0.1, -0.05) is 32.0 Å². The Hall–Kier alpha value is -1.28. The summed E-state index contributed by atoms with van der Waals surface area (Å²) in [4.78, 5) is 0. The van der Waals surface area contributed by atoms with Gasteiger partial charge >= 0.3 is 0 Å². The molecule has 0 saturated heterocycles. The zero-order valence-corrected chi connectivity index (χ0v) is 12.5. The molecule has 0 bridgehead atoms. The monoisotopic (exact) mass is 271 g/mol. The molecule has 0 amide bonds. The van der Waals surface area contributed by atoms with E-state index in [1.165, 1.54) is 25.7 Å². The van der Waals surface area contributed by atoms with E-state index in [0.29, 0.717) is 5.92 Å². The molecular formula is C18H25NO. The highest BCUT2D eigenvalue weighted by Gasteiger charge is 2.29. The molecule has 20 heavy (non-hydrogen) atoms. The Balaban J connectivity index is 1.71. The van der Waals surface area contributed by atoms with Crippen molar-refractivity contribution in [1.82, 2.24) is 0 Å². The molecule has 1 saturated carbocycles. The van der Waals surface area contributed by atoms with Crippen LogP contribution in [0.4, 0.5) is 0 Å². The second kappa shape index (κ2) is 5.61. The zero-order valence-electron chi connectivity index (χ0n) is 12.5. The molecule has 0 aliphatic heterocycles. The Morgan fingerprint density at radius 1 is 1.05 bits per heavy atom. The van der Waals surface area contributed by atoms with Gasteiger partial charge in [-0.2, -0.15) is 0 Å². The van der Waals surface area contributed by atoms with Crippen LogP contribution < -0.4 is 5.73 Å². The highest BCUT2D eigenvalue weighted by molar-refractivity contribution is 5.77. The molecule has 1 fully saturated rings. The quantitative estimate of drug-likeness (QED) is 0.862. The van der Waals surface area contributed by atoms with E-state index in [-0.39, 0.29) is 6.04 Å². The minimum Gasteiger partial charge on any atom is -0.459 e. The average Bonchev–Trinajstić information content (AvgIpc) is 2.90. The van der Waals surface area contributed by atoms with Crippen molar-refractivity contribution in [1.29, 1.82) is 0 Å². The molecule has 1 atom stereocenters. The van der Waals surface area contributed by atoms with Gasteiger partial charge < -0.3 is 10.2 Å². The van der Waals surface area contributed by atoms with Crippen molar-refractivity contribution in [3.63, 3.8) is 0 Å². The van der Waals surface area contributed by atoms with Crippen molar-refractivity contribution in [2.24, 2.45) is 23.5 Å². The lowest BCUT2D eigenvalue weighted by molar-refractivity contribution is 0.195. The Labute approximate surface area is 121 Å². The van der Waals surface area contributed by atoms with Crippen LogP contribution in [0.25, 0.3) is 11.0 Å². The maximum atomic E-state index is 6.46. The van der Waals surface area contributed by atoms with E-state index in [0.717, 1.165) is 28.6 Å². The molecule has 0 spiro atoms. The van der Waals surface area contributed by atoms with Crippen molar-refractivity contribution in [3.05, 3.63) is 36.1 Å². The van der Waals surface area contributed by atoms with Crippen LogP contribution in [-0.4, -0.2) is 0 Å². The van der Waals surface area contributed by atoms with Crippen LogP contribution in [0.2, 0.25) is 0 Å². The maximum Gasteiger partial charge on any atom is 0.134 e. The predicted molar refractivity (Wildman–Crippen MR) is 83.4 cm³/mol. The Morgan fingerprint density at radius 2 is 1.70 bits per heavy atom. The molecule has 1 heterocycles. The molecule has 2 nitrogen and oxygen atoms in total. The molecule has 1 aliphatic rings. The van der Waals surface area contributed by atoms with E-state index in [2.05, 4.69) is 26.0 Å². The van der Waals surface area contributed by atoms with Gasteiger partial charge in [-0.05, 0) is 55.6 Å². The summed E-state index contributed by atoms with van der Waals surface area (Å²) in [6.45, 7) is 4.67. The largest absolute Gasteiger partial charge is 0.459 e. The third-order valence-corrected chi connectivity index (χ3v) is 5.04. The van der Waals surface area contributed by atoms with Crippen LogP contribution in [0.1, 0.15) is 51.3 Å². The molecular weight excluding hydrogens is 246 g/mol. The summed E-state index contributed by atoms with van der Waals surface area (Å²) < 4.78 is 5.93. The van der Waals surface area contributed by atoms with Gasteiger partial charge in [0.05, 0.1) is 6.04 Å². The van der Waals surface area contributed by atoms with Crippen LogP contribution >= 0.6 is 0 Å². The summed E-state index contributed by atoms with van der Waals surface area (Å²) in [6.07, 6.45) is 5.11. The first kappa shape index (κ1) is 13.7. The lowest BCUT2D eigenvalue weighted by Gasteiger charge is -2.33. The summed E-state index contributed by atoms with van der Waals surface area (Å²) in [7, 11) is 0. The molecule has 1 unspecified atom stereocenters. The van der Waals surface area contributed by atoms with Gasteiger partial charge in [0.25, 0.3) is 0 Å². The fourth-order valence-electron chi connectivity index (χ4n) is 3.57. The van der Waals surface area contributed by atoms with Crippen molar-refractivity contribution in [3.8, 4) is 0 Å². The number of para-hydroxylation sites is 1. The van der Waals surface area contributed by atoms with E-state index >= 15 is 0 Å². The van der Waals surface area contributed by atoms with Crippen molar-refractivity contribution < 1.29 is 4.42 Å². The molecule has 1 aliphatic carbocycles. The SMILES string of the molecule is CC(C)C1CCC(C(N)c2cc3ccccc3o2)CC1. The van der Waals surface area contributed by atoms with Gasteiger partial charge in [-0.3, -0.25) is 0 Å². The number of nitrogens with two attached hydrogens (primary N) is 1. The molecule has 0 radical (unpaired) electrons. The van der Waals surface area contributed by atoms with Gasteiger partial charge in [0.1, 0.15) is 11.3 Å². The molecule has 1 aromatic carbocycles. The fourth-order valence-corrected chi connectivity index (χ4v) is 3.57. The van der Waals surface area contributed by atoms with Crippen molar-refractivity contribution in [2.75, 3.05) is 0 Å². The standard InChI is InChI=1S/C18H25NO/c1-12(2)13-7-9-14(10-8-13)18(19)17-11-15-5-3-4-6-16(15)20-17/h3-6,11-14,18H,7-10,19H2,1-2H3. The first-order valence-electron chi connectivity index (χ1n) is 7.89. The molecule has 108 valence electrons. The van der Waals surface area contributed by atoms with E-state index in [1.807, 2.05) is 18.2 Å². The Bertz CT molecular complexity index is 531. The zero-order chi connectivity index (χ0) is 14.1. The van der Waals surface area contributed by atoms with E-state index in [4.69, 9.17) is 10.2 Å². The topological polar surface area (TPSA) is 39.2 Å². The predicted octanol–water partition coefficient (Wildman–Crippen LogP) is 4.90. The lowest BCUT2D eigenvalue weighted by atomic mass is 9.74. The van der Waals surface area contributed by atoms with Crippen LogP contribution in [0, 0.1) is 17.8 Å². The van der Waals surface area contributed by atoms with Crippen LogP contribution in [0.15, 0.2) is 34.7 Å². The van der Waals surface area contributed by atoms with E-state index in [9.17, 15) is 0 Å². The smallest absolute Gasteiger partial charge is 0.134 e. The lowest BCUT2D eigenvalue weighted by Crippen LogP contribution is -2.27. The third kappa shape index (κ3) is 2.62. The molecule has 1 aromatic heterocycles. The van der Waals surface area contributed by atoms with Gasteiger partial charge in [0.2, 0.25) is 0 Å². The number of rotatable bonds is 3. The fraction of sp³-hybridized carbons (Fsp3) is 0.556. The highest BCUT2D eigenvalue weighted by atomic mass is 16.3. The summed E-state index contributed by atoms with van der Waals surface area (Å²) in [6, 6.07) is 10.3. The number of fused-ring (bicyclic) bond motifs is 1. The highest BCUT2D eigenvalue weighted by Crippen LogP contribution is 2.39. The second-order valence-corrected chi connectivity index (χ2v) is 6.63. The summed E-state index contributed by atoms with van der Waals surface area (Å²) in [5, 5.41) is 1.16. The van der Waals surface area contributed by atoms with Gasteiger partial charge in [0.15, 0.2) is 0 Å². The third-order valence-electron chi connectivity index (χ3n) is 5.04. The molecule has 2 N–H and O–H groups in total. The van der Waals surface area contributed by atoms with E-state index in [1.54, 1.807) is 0 Å². The Kier molecular flexibility index (Phi) is 3.84.